The zero-order valence-electron chi connectivity index (χ0n) is 22.3. The third kappa shape index (κ3) is 7.01. The Balaban J connectivity index is 1.28. The first-order chi connectivity index (χ1) is 20.0. The summed E-state index contributed by atoms with van der Waals surface area (Å²) in [5, 5.41) is 15.1. The van der Waals surface area contributed by atoms with Gasteiger partial charge in [0.05, 0.1) is 50.2 Å². The largest absolute Gasteiger partial charge is 0.493 e. The van der Waals surface area contributed by atoms with Crippen molar-refractivity contribution in [1.82, 2.24) is 15.0 Å². The second kappa shape index (κ2) is 13.0. The minimum atomic E-state index is -0.678. The van der Waals surface area contributed by atoms with Crippen LogP contribution in [0.5, 0.6) is 11.5 Å². The van der Waals surface area contributed by atoms with Crippen molar-refractivity contribution in [3.8, 4) is 11.5 Å². The van der Waals surface area contributed by atoms with Crippen LogP contribution in [0.1, 0.15) is 15.9 Å². The molecule has 15 heteroatoms. The molecule has 2 aliphatic heterocycles. The predicted octanol–water partition coefficient (Wildman–Crippen LogP) is 2.13. The second-order valence-electron chi connectivity index (χ2n) is 8.93. The number of hydrazone groups is 1. The molecule has 2 aromatic carbocycles. The molecule has 3 heterocycles. The monoisotopic (exact) mass is 564 g/mol. The third-order valence-electron chi connectivity index (χ3n) is 6.28. The molecule has 0 atom stereocenters. The van der Waals surface area contributed by atoms with E-state index in [-0.39, 0.29) is 17.0 Å². The van der Waals surface area contributed by atoms with Crippen LogP contribution in [-0.4, -0.2) is 91.8 Å². The van der Waals surface area contributed by atoms with Crippen molar-refractivity contribution < 1.29 is 28.7 Å². The number of hydrogen-bond acceptors (Lipinski definition) is 14. The van der Waals surface area contributed by atoms with E-state index in [9.17, 15) is 14.9 Å². The number of nitro benzene ring substituents is 1. The van der Waals surface area contributed by atoms with Crippen LogP contribution in [0.15, 0.2) is 47.6 Å². The van der Waals surface area contributed by atoms with Crippen LogP contribution in [0.2, 0.25) is 0 Å². The standard InChI is InChI=1S/C26H28N8O7/c1-38-22-16-18(2-7-21(22)41-23(35)19-3-5-20(6-4-19)34(36)37)17-27-31-24-28-25(32-8-12-39-13-9-32)30-26(29-24)33-10-14-40-15-11-33/h2-7,16-17H,8-15H2,1H3,(H,28,29,30,31)/b27-17+. The summed E-state index contributed by atoms with van der Waals surface area (Å²) in [6.07, 6.45) is 1.55. The van der Waals surface area contributed by atoms with Crippen molar-refractivity contribution in [1.29, 1.82) is 0 Å². The maximum atomic E-state index is 12.5. The summed E-state index contributed by atoms with van der Waals surface area (Å²) < 4.78 is 21.7. The molecule has 0 unspecified atom stereocenters. The first-order valence-corrected chi connectivity index (χ1v) is 12.9. The van der Waals surface area contributed by atoms with Crippen LogP contribution >= 0.6 is 0 Å². The second-order valence-corrected chi connectivity index (χ2v) is 8.93. The number of non-ortho nitro benzene ring substituents is 1. The van der Waals surface area contributed by atoms with E-state index in [0.29, 0.717) is 81.8 Å². The van der Waals surface area contributed by atoms with Crippen LogP contribution in [0.3, 0.4) is 0 Å². The Hall–Kier alpha value is -4.89. The first kappa shape index (κ1) is 27.7. The molecule has 0 spiro atoms. The Morgan fingerprint density at radius 3 is 2.12 bits per heavy atom. The van der Waals surface area contributed by atoms with E-state index in [1.807, 2.05) is 9.80 Å². The van der Waals surface area contributed by atoms with Crippen molar-refractivity contribution in [3.05, 3.63) is 63.7 Å². The van der Waals surface area contributed by atoms with Gasteiger partial charge >= 0.3 is 5.97 Å². The fourth-order valence-electron chi connectivity index (χ4n) is 4.10. The van der Waals surface area contributed by atoms with E-state index < -0.39 is 10.9 Å². The van der Waals surface area contributed by atoms with Crippen LogP contribution in [0.4, 0.5) is 23.5 Å². The number of carbonyl (C=O) groups is 1. The third-order valence-corrected chi connectivity index (χ3v) is 6.28. The number of anilines is 3. The van der Waals surface area contributed by atoms with Gasteiger partial charge in [-0.2, -0.15) is 20.1 Å². The number of nitrogens with zero attached hydrogens (tertiary/aromatic N) is 7. The summed E-state index contributed by atoms with van der Waals surface area (Å²) in [6.45, 7) is 5.10. The summed E-state index contributed by atoms with van der Waals surface area (Å²) in [7, 11) is 1.45. The van der Waals surface area contributed by atoms with Gasteiger partial charge < -0.3 is 28.7 Å². The fourth-order valence-corrected chi connectivity index (χ4v) is 4.10. The first-order valence-electron chi connectivity index (χ1n) is 12.9. The van der Waals surface area contributed by atoms with E-state index in [0.717, 1.165) is 0 Å². The van der Waals surface area contributed by atoms with Gasteiger partial charge in [-0.1, -0.05) is 0 Å². The lowest BCUT2D eigenvalue weighted by atomic mass is 10.2. The van der Waals surface area contributed by atoms with E-state index in [1.165, 1.54) is 31.4 Å². The van der Waals surface area contributed by atoms with Gasteiger partial charge in [-0.05, 0) is 35.9 Å². The minimum Gasteiger partial charge on any atom is -0.493 e. The summed E-state index contributed by atoms with van der Waals surface area (Å²) >= 11 is 0. The van der Waals surface area contributed by atoms with Crippen LogP contribution in [-0.2, 0) is 9.47 Å². The molecule has 1 N–H and O–H groups in total. The Kier molecular flexibility index (Phi) is 8.76. The molecular formula is C26H28N8O7. The maximum Gasteiger partial charge on any atom is 0.343 e. The van der Waals surface area contributed by atoms with Gasteiger partial charge in [0, 0.05) is 38.3 Å². The van der Waals surface area contributed by atoms with Crippen molar-refractivity contribution >= 4 is 35.7 Å². The van der Waals surface area contributed by atoms with Gasteiger partial charge in [-0.3, -0.25) is 10.1 Å². The fraction of sp³-hybridized carbons (Fsp3) is 0.346. The Morgan fingerprint density at radius 2 is 1.56 bits per heavy atom. The number of rotatable bonds is 9. The number of aromatic nitrogens is 3. The molecule has 1 aromatic heterocycles. The summed E-state index contributed by atoms with van der Waals surface area (Å²) in [6, 6.07) is 10.0. The molecule has 2 fully saturated rings. The van der Waals surface area contributed by atoms with Crippen LogP contribution in [0, 0.1) is 10.1 Å². The molecule has 41 heavy (non-hydrogen) atoms. The zero-order valence-corrected chi connectivity index (χ0v) is 22.3. The van der Waals surface area contributed by atoms with Crippen LogP contribution < -0.4 is 24.7 Å². The lowest BCUT2D eigenvalue weighted by molar-refractivity contribution is -0.384. The molecule has 3 aromatic rings. The number of nitro groups is 1. The molecule has 0 aliphatic carbocycles. The summed E-state index contributed by atoms with van der Waals surface area (Å²) in [4.78, 5) is 40.7. The molecule has 5 rings (SSSR count). The SMILES string of the molecule is COc1cc(/C=N/Nc2nc(N3CCOCC3)nc(N3CCOCC3)n2)ccc1OC(=O)c1ccc([N+](=O)[O-])cc1. The zero-order chi connectivity index (χ0) is 28.6. The molecule has 2 aliphatic rings. The smallest absolute Gasteiger partial charge is 0.343 e. The van der Waals surface area contributed by atoms with Crippen molar-refractivity contribution in [2.45, 2.75) is 0 Å². The molecule has 214 valence electrons. The minimum absolute atomic E-state index is 0.122. The number of morpholine rings is 2. The Bertz CT molecular complexity index is 1370. The average molecular weight is 565 g/mol. The molecule has 15 nitrogen and oxygen atoms in total. The average Bonchev–Trinajstić information content (AvgIpc) is 3.02. The lowest BCUT2D eigenvalue weighted by Crippen LogP contribution is -2.40. The maximum absolute atomic E-state index is 12.5. The number of nitrogens with one attached hydrogen (secondary N) is 1. The van der Waals surface area contributed by atoms with Gasteiger partial charge in [-0.25, -0.2) is 10.2 Å². The molecule has 0 saturated carbocycles. The molecule has 0 bridgehead atoms. The highest BCUT2D eigenvalue weighted by Crippen LogP contribution is 2.29. The van der Waals surface area contributed by atoms with E-state index in [4.69, 9.17) is 18.9 Å². The van der Waals surface area contributed by atoms with Gasteiger partial charge in [0.15, 0.2) is 11.5 Å². The number of methoxy groups -OCH3 is 1. The van der Waals surface area contributed by atoms with Crippen molar-refractivity contribution in [3.63, 3.8) is 0 Å². The van der Waals surface area contributed by atoms with Crippen LogP contribution in [0.25, 0.3) is 0 Å². The van der Waals surface area contributed by atoms with E-state index in [2.05, 4.69) is 25.5 Å². The summed E-state index contributed by atoms with van der Waals surface area (Å²) in [5.74, 6) is 1.19. The van der Waals surface area contributed by atoms with Gasteiger partial charge in [-0.15, -0.1) is 0 Å². The van der Waals surface area contributed by atoms with E-state index >= 15 is 0 Å². The molecule has 0 radical (unpaired) electrons. The highest BCUT2D eigenvalue weighted by Gasteiger charge is 2.21. The summed E-state index contributed by atoms with van der Waals surface area (Å²) in [5.41, 5.74) is 3.58. The van der Waals surface area contributed by atoms with E-state index in [1.54, 1.807) is 24.4 Å². The Labute approximate surface area is 234 Å². The van der Waals surface area contributed by atoms with Gasteiger partial charge in [0.2, 0.25) is 17.8 Å². The highest BCUT2D eigenvalue weighted by atomic mass is 16.6. The van der Waals surface area contributed by atoms with Crippen molar-refractivity contribution in [2.75, 3.05) is 74.9 Å². The Morgan fingerprint density at radius 1 is 0.951 bits per heavy atom. The molecule has 2 saturated heterocycles. The number of carbonyl (C=O) groups excluding carboxylic acids is 1. The molecule has 0 amide bonds. The normalized spacial score (nSPS) is 15.5. The number of benzene rings is 2. The van der Waals surface area contributed by atoms with Gasteiger partial charge in [0.1, 0.15) is 0 Å². The predicted molar refractivity (Wildman–Crippen MR) is 148 cm³/mol. The topological polar surface area (TPSA) is 167 Å². The highest BCUT2D eigenvalue weighted by molar-refractivity contribution is 5.92. The lowest BCUT2D eigenvalue weighted by Gasteiger charge is -2.30. The number of hydrogen-bond donors (Lipinski definition) is 1. The number of esters is 1. The van der Waals surface area contributed by atoms with Gasteiger partial charge in [0.25, 0.3) is 5.69 Å². The van der Waals surface area contributed by atoms with Crippen molar-refractivity contribution in [2.24, 2.45) is 5.10 Å². The quantitative estimate of drug-likeness (QED) is 0.132. The molecular weight excluding hydrogens is 536 g/mol. The number of ether oxygens (including phenoxy) is 4.